The SMILES string of the molecule is CCCC(C)CNC(C)c1cc(F)ccc1F. The van der Waals surface area contributed by atoms with Crippen LogP contribution in [0.4, 0.5) is 8.78 Å². The van der Waals surface area contributed by atoms with E-state index in [1.54, 1.807) is 0 Å². The van der Waals surface area contributed by atoms with E-state index in [4.69, 9.17) is 0 Å². The lowest BCUT2D eigenvalue weighted by molar-refractivity contribution is 0.434. The fraction of sp³-hybridized carbons (Fsp3) is 0.571. The molecule has 1 nitrogen and oxygen atoms in total. The Bertz CT molecular complexity index is 352. The van der Waals surface area contributed by atoms with Crippen LogP contribution < -0.4 is 5.32 Å². The van der Waals surface area contributed by atoms with Gasteiger partial charge in [-0.25, -0.2) is 8.78 Å². The van der Waals surface area contributed by atoms with Crippen molar-refractivity contribution in [2.45, 2.75) is 39.7 Å². The highest BCUT2D eigenvalue weighted by atomic mass is 19.1. The molecule has 1 N–H and O–H groups in total. The lowest BCUT2D eigenvalue weighted by Gasteiger charge is -2.18. The number of benzene rings is 1. The Balaban J connectivity index is 2.57. The molecule has 1 aromatic rings. The topological polar surface area (TPSA) is 12.0 Å². The van der Waals surface area contributed by atoms with Crippen LogP contribution in [-0.2, 0) is 0 Å². The lowest BCUT2D eigenvalue weighted by Crippen LogP contribution is -2.25. The van der Waals surface area contributed by atoms with Crippen LogP contribution in [0.5, 0.6) is 0 Å². The molecule has 3 heteroatoms. The Labute approximate surface area is 102 Å². The fourth-order valence-corrected chi connectivity index (χ4v) is 1.93. The molecule has 0 radical (unpaired) electrons. The molecule has 0 heterocycles. The first-order valence-corrected chi connectivity index (χ1v) is 6.23. The number of hydrogen-bond acceptors (Lipinski definition) is 1. The van der Waals surface area contributed by atoms with Crippen molar-refractivity contribution >= 4 is 0 Å². The van der Waals surface area contributed by atoms with Gasteiger partial charge in [0, 0.05) is 11.6 Å². The average molecular weight is 241 g/mol. The molecular weight excluding hydrogens is 220 g/mol. The van der Waals surface area contributed by atoms with Crippen molar-refractivity contribution in [1.82, 2.24) is 5.32 Å². The molecule has 0 saturated heterocycles. The van der Waals surface area contributed by atoms with Gasteiger partial charge in [-0.05, 0) is 44.0 Å². The van der Waals surface area contributed by atoms with Gasteiger partial charge in [-0.1, -0.05) is 20.3 Å². The van der Waals surface area contributed by atoms with Gasteiger partial charge in [0.1, 0.15) is 11.6 Å². The first-order valence-electron chi connectivity index (χ1n) is 6.23. The number of hydrogen-bond donors (Lipinski definition) is 1. The summed E-state index contributed by atoms with van der Waals surface area (Å²) in [7, 11) is 0. The summed E-state index contributed by atoms with van der Waals surface area (Å²) in [5.74, 6) is -0.190. The van der Waals surface area contributed by atoms with E-state index in [1.807, 2.05) is 6.92 Å². The standard InChI is InChI=1S/C14H21F2N/c1-4-5-10(2)9-17-11(3)13-8-12(15)6-7-14(13)16/h6-8,10-11,17H,4-5,9H2,1-3H3. The van der Waals surface area contributed by atoms with E-state index in [0.29, 0.717) is 11.5 Å². The minimum absolute atomic E-state index is 0.162. The molecule has 0 aliphatic heterocycles. The smallest absolute Gasteiger partial charge is 0.128 e. The Kier molecular flexibility index (Phi) is 5.56. The van der Waals surface area contributed by atoms with E-state index in [-0.39, 0.29) is 11.9 Å². The van der Waals surface area contributed by atoms with Gasteiger partial charge in [0.15, 0.2) is 0 Å². The molecule has 0 spiro atoms. The van der Waals surface area contributed by atoms with Crippen molar-refractivity contribution in [2.24, 2.45) is 5.92 Å². The molecule has 2 unspecified atom stereocenters. The van der Waals surface area contributed by atoms with Gasteiger partial charge in [-0.2, -0.15) is 0 Å². The third kappa shape index (κ3) is 4.43. The molecule has 0 aromatic heterocycles. The van der Waals surface area contributed by atoms with Crippen LogP contribution in [0.1, 0.15) is 45.2 Å². The highest BCUT2D eigenvalue weighted by Gasteiger charge is 2.12. The summed E-state index contributed by atoms with van der Waals surface area (Å²) >= 11 is 0. The minimum atomic E-state index is -0.392. The van der Waals surface area contributed by atoms with E-state index < -0.39 is 5.82 Å². The van der Waals surface area contributed by atoms with E-state index in [9.17, 15) is 8.78 Å². The zero-order valence-corrected chi connectivity index (χ0v) is 10.8. The molecule has 0 aliphatic rings. The fourth-order valence-electron chi connectivity index (χ4n) is 1.93. The van der Waals surface area contributed by atoms with Crippen LogP contribution in [0.2, 0.25) is 0 Å². The molecule has 96 valence electrons. The summed E-state index contributed by atoms with van der Waals surface area (Å²) < 4.78 is 26.5. The monoisotopic (exact) mass is 241 g/mol. The van der Waals surface area contributed by atoms with Crippen molar-refractivity contribution in [3.63, 3.8) is 0 Å². The first-order chi connectivity index (χ1) is 8.04. The summed E-state index contributed by atoms with van der Waals surface area (Å²) in [6.45, 7) is 6.98. The van der Waals surface area contributed by atoms with Gasteiger partial charge in [-0.15, -0.1) is 0 Å². The normalized spacial score (nSPS) is 14.6. The van der Waals surface area contributed by atoms with E-state index in [0.717, 1.165) is 25.5 Å². The van der Waals surface area contributed by atoms with Crippen molar-refractivity contribution in [3.8, 4) is 0 Å². The molecule has 17 heavy (non-hydrogen) atoms. The summed E-state index contributed by atoms with van der Waals surface area (Å²) in [4.78, 5) is 0. The number of halogens is 2. The van der Waals surface area contributed by atoms with Gasteiger partial charge in [0.05, 0.1) is 0 Å². The maximum Gasteiger partial charge on any atom is 0.128 e. The van der Waals surface area contributed by atoms with Gasteiger partial charge in [0.25, 0.3) is 0 Å². The van der Waals surface area contributed by atoms with E-state index in [1.165, 1.54) is 12.1 Å². The maximum absolute atomic E-state index is 13.5. The van der Waals surface area contributed by atoms with E-state index >= 15 is 0 Å². The highest BCUT2D eigenvalue weighted by Crippen LogP contribution is 2.18. The third-order valence-corrected chi connectivity index (χ3v) is 2.98. The molecule has 1 rings (SSSR count). The Hall–Kier alpha value is -0.960. The lowest BCUT2D eigenvalue weighted by atomic mass is 10.0. The van der Waals surface area contributed by atoms with Crippen LogP contribution >= 0.6 is 0 Å². The Morgan fingerprint density at radius 1 is 1.24 bits per heavy atom. The second-order valence-corrected chi connectivity index (χ2v) is 4.69. The van der Waals surface area contributed by atoms with Crippen LogP contribution in [0.25, 0.3) is 0 Å². The first kappa shape index (κ1) is 14.1. The van der Waals surface area contributed by atoms with Gasteiger partial charge in [0.2, 0.25) is 0 Å². The summed E-state index contributed by atoms with van der Waals surface area (Å²) in [5, 5.41) is 3.24. The predicted molar refractivity (Wildman–Crippen MR) is 66.8 cm³/mol. The Morgan fingerprint density at radius 3 is 2.59 bits per heavy atom. The second-order valence-electron chi connectivity index (χ2n) is 4.69. The second kappa shape index (κ2) is 6.70. The Morgan fingerprint density at radius 2 is 1.94 bits per heavy atom. The third-order valence-electron chi connectivity index (χ3n) is 2.98. The number of nitrogens with one attached hydrogen (secondary N) is 1. The molecule has 1 aromatic carbocycles. The summed E-state index contributed by atoms with van der Waals surface area (Å²) in [6.07, 6.45) is 2.29. The minimum Gasteiger partial charge on any atom is -0.310 e. The zero-order valence-electron chi connectivity index (χ0n) is 10.8. The van der Waals surface area contributed by atoms with E-state index in [2.05, 4.69) is 19.2 Å². The van der Waals surface area contributed by atoms with Gasteiger partial charge >= 0.3 is 0 Å². The predicted octanol–water partition coefficient (Wildman–Crippen LogP) is 4.05. The quantitative estimate of drug-likeness (QED) is 0.792. The van der Waals surface area contributed by atoms with Crippen molar-refractivity contribution < 1.29 is 8.78 Å². The molecule has 0 saturated carbocycles. The molecular formula is C14H21F2N. The van der Waals surface area contributed by atoms with Gasteiger partial charge < -0.3 is 5.32 Å². The molecule has 0 aliphatic carbocycles. The van der Waals surface area contributed by atoms with Crippen LogP contribution in [0, 0.1) is 17.6 Å². The summed E-state index contributed by atoms with van der Waals surface area (Å²) in [6, 6.07) is 3.42. The molecule has 0 bridgehead atoms. The van der Waals surface area contributed by atoms with Crippen molar-refractivity contribution in [3.05, 3.63) is 35.4 Å². The maximum atomic E-state index is 13.5. The van der Waals surface area contributed by atoms with Gasteiger partial charge in [-0.3, -0.25) is 0 Å². The number of rotatable bonds is 6. The molecule has 2 atom stereocenters. The van der Waals surface area contributed by atoms with Crippen molar-refractivity contribution in [1.29, 1.82) is 0 Å². The highest BCUT2D eigenvalue weighted by molar-refractivity contribution is 5.21. The van der Waals surface area contributed by atoms with Crippen LogP contribution in [-0.4, -0.2) is 6.54 Å². The van der Waals surface area contributed by atoms with Crippen molar-refractivity contribution in [2.75, 3.05) is 6.54 Å². The molecule has 0 fully saturated rings. The van der Waals surface area contributed by atoms with Crippen LogP contribution in [0.15, 0.2) is 18.2 Å². The molecule has 0 amide bonds. The largest absolute Gasteiger partial charge is 0.310 e. The average Bonchev–Trinajstić information content (AvgIpc) is 2.29. The van der Waals surface area contributed by atoms with Crippen LogP contribution in [0.3, 0.4) is 0 Å². The zero-order chi connectivity index (χ0) is 12.8. The summed E-state index contributed by atoms with van der Waals surface area (Å²) in [5.41, 5.74) is 0.397.